The molecule has 2 aromatic heterocycles. The Morgan fingerprint density at radius 1 is 0.381 bits per heavy atom. The number of anilines is 2. The molecule has 0 radical (unpaired) electrons. The molecule has 0 spiro atoms. The predicted octanol–water partition coefficient (Wildman–Crippen LogP) is 7.89. The van der Waals surface area contributed by atoms with Crippen molar-refractivity contribution < 1.29 is 0 Å². The molecular weight excluding hydrogens is 516 g/mol. The summed E-state index contributed by atoms with van der Waals surface area (Å²) in [7, 11) is 0. The molecule has 0 amide bonds. The van der Waals surface area contributed by atoms with Gasteiger partial charge in [0.25, 0.3) is 0 Å². The molecule has 6 aromatic rings. The first-order valence-corrected chi connectivity index (χ1v) is 13.6. The minimum atomic E-state index is 0.819. The van der Waals surface area contributed by atoms with E-state index >= 15 is 0 Å². The fourth-order valence-electron chi connectivity index (χ4n) is 4.00. The standard InChI is InChI=1S/2C18H15N3/c2*1-3-9-15(10-4-1)18(17-13-7-8-14-19-17)21-20-16-11-5-2-6-12-16/h2*1-14,20H/b2*21-18-. The molecule has 0 saturated carbocycles. The molecule has 0 bridgehead atoms. The number of para-hydroxylation sites is 2. The Morgan fingerprint density at radius 3 is 1.05 bits per heavy atom. The van der Waals surface area contributed by atoms with Crippen LogP contribution in [0.5, 0.6) is 0 Å². The van der Waals surface area contributed by atoms with E-state index in [0.29, 0.717) is 0 Å². The van der Waals surface area contributed by atoms with Gasteiger partial charge in [0.2, 0.25) is 0 Å². The molecule has 0 aliphatic carbocycles. The number of aromatic nitrogens is 2. The summed E-state index contributed by atoms with van der Waals surface area (Å²) in [5.41, 5.74) is 13.4. The van der Waals surface area contributed by atoms with Gasteiger partial charge < -0.3 is 0 Å². The molecule has 0 aliphatic rings. The van der Waals surface area contributed by atoms with Crippen LogP contribution in [-0.4, -0.2) is 21.4 Å². The summed E-state index contributed by atoms with van der Waals surface area (Å²) < 4.78 is 0. The molecular formula is C36H30N6. The van der Waals surface area contributed by atoms with Gasteiger partial charge in [-0.1, -0.05) is 109 Å². The average molecular weight is 547 g/mol. The molecule has 4 aromatic carbocycles. The Labute approximate surface area is 246 Å². The van der Waals surface area contributed by atoms with Crippen molar-refractivity contribution in [3.8, 4) is 0 Å². The molecule has 42 heavy (non-hydrogen) atoms. The zero-order valence-electron chi connectivity index (χ0n) is 23.0. The summed E-state index contributed by atoms with van der Waals surface area (Å²) >= 11 is 0. The van der Waals surface area contributed by atoms with E-state index in [4.69, 9.17) is 0 Å². The van der Waals surface area contributed by atoms with Crippen molar-refractivity contribution in [2.75, 3.05) is 10.9 Å². The first kappa shape index (κ1) is 27.7. The van der Waals surface area contributed by atoms with Gasteiger partial charge in [-0.25, -0.2) is 0 Å². The highest BCUT2D eigenvalue weighted by molar-refractivity contribution is 6.12. The maximum absolute atomic E-state index is 4.54. The van der Waals surface area contributed by atoms with Crippen LogP contribution in [0, 0.1) is 0 Å². The number of benzene rings is 4. The number of rotatable bonds is 8. The lowest BCUT2D eigenvalue weighted by atomic mass is 10.1. The van der Waals surface area contributed by atoms with Gasteiger partial charge in [-0.2, -0.15) is 10.2 Å². The fourth-order valence-corrected chi connectivity index (χ4v) is 4.00. The second-order valence-corrected chi connectivity index (χ2v) is 9.04. The van der Waals surface area contributed by atoms with Crippen molar-refractivity contribution >= 4 is 22.8 Å². The van der Waals surface area contributed by atoms with Crippen LogP contribution in [0.15, 0.2) is 180 Å². The lowest BCUT2D eigenvalue weighted by molar-refractivity contribution is 1.25. The van der Waals surface area contributed by atoms with E-state index in [1.165, 1.54) is 0 Å². The van der Waals surface area contributed by atoms with Crippen LogP contribution in [0.3, 0.4) is 0 Å². The van der Waals surface area contributed by atoms with Crippen LogP contribution in [-0.2, 0) is 0 Å². The minimum absolute atomic E-state index is 0.819. The van der Waals surface area contributed by atoms with E-state index in [2.05, 4.69) is 31.0 Å². The summed E-state index contributed by atoms with van der Waals surface area (Å²) in [5, 5.41) is 9.08. The summed E-state index contributed by atoms with van der Waals surface area (Å²) in [5.74, 6) is 0. The number of hydrazone groups is 2. The van der Waals surface area contributed by atoms with Crippen LogP contribution >= 0.6 is 0 Å². The van der Waals surface area contributed by atoms with E-state index in [1.54, 1.807) is 12.4 Å². The van der Waals surface area contributed by atoms with Gasteiger partial charge in [0, 0.05) is 23.5 Å². The lowest BCUT2D eigenvalue weighted by Gasteiger charge is -2.07. The van der Waals surface area contributed by atoms with E-state index in [0.717, 1.165) is 45.3 Å². The maximum Gasteiger partial charge on any atom is 0.116 e. The quantitative estimate of drug-likeness (QED) is 0.150. The number of hydrogen-bond acceptors (Lipinski definition) is 6. The number of pyridine rings is 2. The van der Waals surface area contributed by atoms with Gasteiger partial charge in [0.05, 0.1) is 22.8 Å². The van der Waals surface area contributed by atoms with E-state index in [-0.39, 0.29) is 0 Å². The third kappa shape index (κ3) is 8.07. The van der Waals surface area contributed by atoms with Gasteiger partial charge in [-0.05, 0) is 48.5 Å². The zero-order chi connectivity index (χ0) is 28.7. The Balaban J connectivity index is 0.000000168. The van der Waals surface area contributed by atoms with Gasteiger partial charge in [-0.15, -0.1) is 0 Å². The van der Waals surface area contributed by atoms with Crippen LogP contribution in [0.4, 0.5) is 11.4 Å². The summed E-state index contributed by atoms with van der Waals surface area (Å²) in [6.45, 7) is 0. The molecule has 0 aliphatic heterocycles. The second kappa shape index (κ2) is 15.1. The summed E-state index contributed by atoms with van der Waals surface area (Å²) in [6, 6.07) is 51.5. The molecule has 0 atom stereocenters. The second-order valence-electron chi connectivity index (χ2n) is 9.04. The highest BCUT2D eigenvalue weighted by Crippen LogP contribution is 2.12. The lowest BCUT2D eigenvalue weighted by Crippen LogP contribution is -2.08. The highest BCUT2D eigenvalue weighted by Gasteiger charge is 2.08. The van der Waals surface area contributed by atoms with Crippen LogP contribution in [0.2, 0.25) is 0 Å². The molecule has 0 fully saturated rings. The molecule has 0 saturated heterocycles. The normalized spacial score (nSPS) is 11.1. The molecule has 0 unspecified atom stereocenters. The summed E-state index contributed by atoms with van der Waals surface area (Å²) in [6.07, 6.45) is 3.55. The van der Waals surface area contributed by atoms with Gasteiger partial charge in [0.15, 0.2) is 0 Å². The third-order valence-corrected chi connectivity index (χ3v) is 6.05. The minimum Gasteiger partial charge on any atom is -0.278 e. The fraction of sp³-hybridized carbons (Fsp3) is 0. The smallest absolute Gasteiger partial charge is 0.116 e. The zero-order valence-corrected chi connectivity index (χ0v) is 23.0. The maximum atomic E-state index is 4.54. The average Bonchev–Trinajstić information content (AvgIpc) is 3.08. The van der Waals surface area contributed by atoms with Crippen molar-refractivity contribution in [3.63, 3.8) is 0 Å². The topological polar surface area (TPSA) is 74.6 Å². The molecule has 2 N–H and O–H groups in total. The first-order valence-electron chi connectivity index (χ1n) is 13.6. The summed E-state index contributed by atoms with van der Waals surface area (Å²) in [4.78, 5) is 8.79. The van der Waals surface area contributed by atoms with E-state index in [1.807, 2.05) is 158 Å². The van der Waals surface area contributed by atoms with Gasteiger partial charge in [0.1, 0.15) is 11.4 Å². The van der Waals surface area contributed by atoms with E-state index < -0.39 is 0 Å². The SMILES string of the molecule is c1ccc(N/N=C(/c2ccccc2)c2ccccn2)cc1.c1ccc(N/N=C(/c2ccccc2)c2ccccn2)cc1. The van der Waals surface area contributed by atoms with Crippen molar-refractivity contribution in [3.05, 3.63) is 193 Å². The largest absolute Gasteiger partial charge is 0.278 e. The van der Waals surface area contributed by atoms with Crippen molar-refractivity contribution in [2.45, 2.75) is 0 Å². The molecule has 6 heteroatoms. The van der Waals surface area contributed by atoms with Crippen LogP contribution < -0.4 is 10.9 Å². The predicted molar refractivity (Wildman–Crippen MR) is 173 cm³/mol. The Morgan fingerprint density at radius 2 is 0.714 bits per heavy atom. The van der Waals surface area contributed by atoms with Crippen molar-refractivity contribution in [2.24, 2.45) is 10.2 Å². The third-order valence-electron chi connectivity index (χ3n) is 6.05. The number of nitrogens with zero attached hydrogens (tertiary/aromatic N) is 4. The molecule has 6 rings (SSSR count). The molecule has 204 valence electrons. The van der Waals surface area contributed by atoms with E-state index in [9.17, 15) is 0 Å². The molecule has 6 nitrogen and oxygen atoms in total. The van der Waals surface area contributed by atoms with Crippen LogP contribution in [0.1, 0.15) is 22.5 Å². The highest BCUT2D eigenvalue weighted by atomic mass is 15.3. The van der Waals surface area contributed by atoms with Crippen LogP contribution in [0.25, 0.3) is 0 Å². The molecule has 2 heterocycles. The first-order chi connectivity index (χ1) is 20.9. The van der Waals surface area contributed by atoms with Crippen molar-refractivity contribution in [1.82, 2.24) is 9.97 Å². The number of nitrogens with one attached hydrogen (secondary N) is 2. The van der Waals surface area contributed by atoms with Gasteiger partial charge >= 0.3 is 0 Å². The van der Waals surface area contributed by atoms with Gasteiger partial charge in [-0.3, -0.25) is 20.8 Å². The number of hydrogen-bond donors (Lipinski definition) is 2. The monoisotopic (exact) mass is 546 g/mol. The Kier molecular flexibility index (Phi) is 9.92. The van der Waals surface area contributed by atoms with Crippen molar-refractivity contribution in [1.29, 1.82) is 0 Å². The Bertz CT molecular complexity index is 1460. The Hall–Kier alpha value is -5.88.